The number of carbonyl (C=O) groups excluding carboxylic acids is 1. The van der Waals surface area contributed by atoms with Gasteiger partial charge >= 0.3 is 0 Å². The molecule has 3 aromatic heterocycles. The number of hydrogen-bond acceptors (Lipinski definition) is 6. The molecule has 3 heterocycles. The predicted molar refractivity (Wildman–Crippen MR) is 124 cm³/mol. The first kappa shape index (κ1) is 21.2. The van der Waals surface area contributed by atoms with Crippen molar-refractivity contribution in [3.63, 3.8) is 0 Å². The third kappa shape index (κ3) is 4.22. The summed E-state index contributed by atoms with van der Waals surface area (Å²) in [6, 6.07) is 13.0. The molecular formula is C22H16ClFN6O2S. The number of carbonyl (C=O) groups is 1. The van der Waals surface area contributed by atoms with Crippen LogP contribution in [-0.4, -0.2) is 43.0 Å². The number of nitrogens with one attached hydrogen (secondary N) is 1. The van der Waals surface area contributed by atoms with Crippen LogP contribution < -0.4 is 10.1 Å². The second-order valence-electron chi connectivity index (χ2n) is 7.02. The molecule has 33 heavy (non-hydrogen) atoms. The molecule has 1 N–H and O–H groups in total. The fourth-order valence-corrected chi connectivity index (χ4v) is 4.23. The van der Waals surface area contributed by atoms with E-state index in [1.54, 1.807) is 51.6 Å². The van der Waals surface area contributed by atoms with Crippen molar-refractivity contribution in [1.82, 2.24) is 24.2 Å². The van der Waals surface area contributed by atoms with Crippen molar-refractivity contribution in [2.45, 2.75) is 5.16 Å². The fraction of sp³-hybridized carbons (Fsp3) is 0.0909. The van der Waals surface area contributed by atoms with Gasteiger partial charge in [0.05, 0.1) is 24.2 Å². The highest BCUT2D eigenvalue weighted by molar-refractivity contribution is 7.99. The zero-order valence-corrected chi connectivity index (χ0v) is 18.8. The fourth-order valence-electron chi connectivity index (χ4n) is 3.35. The van der Waals surface area contributed by atoms with Gasteiger partial charge in [0.25, 0.3) is 0 Å². The van der Waals surface area contributed by atoms with Gasteiger partial charge in [-0.15, -0.1) is 10.2 Å². The minimum atomic E-state index is -0.304. The van der Waals surface area contributed by atoms with Crippen molar-refractivity contribution >= 4 is 46.1 Å². The minimum absolute atomic E-state index is 0.113. The molecule has 0 atom stereocenters. The largest absolute Gasteiger partial charge is 0.495 e. The molecule has 5 aromatic rings. The van der Waals surface area contributed by atoms with Gasteiger partial charge in [-0.05, 0) is 48.5 Å². The molecule has 0 radical (unpaired) electrons. The molecule has 0 spiro atoms. The first-order chi connectivity index (χ1) is 16.0. The molecule has 0 saturated carbocycles. The maximum absolute atomic E-state index is 13.2. The van der Waals surface area contributed by atoms with Gasteiger partial charge in [-0.3, -0.25) is 9.20 Å². The number of rotatable bonds is 6. The summed E-state index contributed by atoms with van der Waals surface area (Å²) in [5, 5.41) is 16.9. The molecule has 8 nitrogen and oxygen atoms in total. The quantitative estimate of drug-likeness (QED) is 0.357. The van der Waals surface area contributed by atoms with Crippen LogP contribution in [0.3, 0.4) is 0 Å². The molecule has 0 aliphatic heterocycles. The highest BCUT2D eigenvalue weighted by atomic mass is 35.5. The van der Waals surface area contributed by atoms with Crippen LogP contribution in [0, 0.1) is 5.82 Å². The Hall–Kier alpha value is -3.63. The Kier molecular flexibility index (Phi) is 5.61. The molecule has 5 rings (SSSR count). The summed E-state index contributed by atoms with van der Waals surface area (Å²) in [5.41, 5.74) is 3.31. The van der Waals surface area contributed by atoms with Gasteiger partial charge in [0, 0.05) is 23.0 Å². The summed E-state index contributed by atoms with van der Waals surface area (Å²) in [6.45, 7) is 0. The van der Waals surface area contributed by atoms with Crippen LogP contribution in [0.15, 0.2) is 66.1 Å². The van der Waals surface area contributed by atoms with E-state index in [2.05, 4.69) is 20.6 Å². The van der Waals surface area contributed by atoms with Crippen molar-refractivity contribution in [2.24, 2.45) is 0 Å². The number of hydrogen-bond donors (Lipinski definition) is 1. The molecule has 0 fully saturated rings. The number of aromatic nitrogens is 5. The SMILES string of the molecule is COc1ccc(Cl)cc1NC(=O)CSc1nnc2c3cc(-c4ccc(F)cc4)nn3ccn12. The molecule has 166 valence electrons. The van der Waals surface area contributed by atoms with Gasteiger partial charge in [0.2, 0.25) is 5.91 Å². The number of fused-ring (bicyclic) bond motifs is 3. The van der Waals surface area contributed by atoms with Gasteiger partial charge in [-0.2, -0.15) is 5.10 Å². The normalized spacial score (nSPS) is 11.2. The van der Waals surface area contributed by atoms with Crippen LogP contribution in [0.25, 0.3) is 22.4 Å². The highest BCUT2D eigenvalue weighted by Gasteiger charge is 2.15. The Labute approximate surface area is 196 Å². The predicted octanol–water partition coefficient (Wildman–Crippen LogP) is 4.58. The smallest absolute Gasteiger partial charge is 0.234 e. The van der Waals surface area contributed by atoms with Crippen molar-refractivity contribution in [3.05, 3.63) is 71.8 Å². The number of methoxy groups -OCH3 is 1. The lowest BCUT2D eigenvalue weighted by Gasteiger charge is -2.10. The zero-order chi connectivity index (χ0) is 22.9. The second-order valence-corrected chi connectivity index (χ2v) is 8.40. The van der Waals surface area contributed by atoms with Gasteiger partial charge in [-0.25, -0.2) is 8.91 Å². The number of benzene rings is 2. The van der Waals surface area contributed by atoms with E-state index in [1.807, 2.05) is 6.07 Å². The summed E-state index contributed by atoms with van der Waals surface area (Å²) >= 11 is 7.27. The Morgan fingerprint density at radius 3 is 2.76 bits per heavy atom. The molecular weight excluding hydrogens is 467 g/mol. The number of thioether (sulfide) groups is 1. The van der Waals surface area contributed by atoms with E-state index < -0.39 is 0 Å². The van der Waals surface area contributed by atoms with E-state index in [0.29, 0.717) is 33.0 Å². The molecule has 0 saturated heterocycles. The van der Waals surface area contributed by atoms with Crippen molar-refractivity contribution < 1.29 is 13.9 Å². The lowest BCUT2D eigenvalue weighted by Crippen LogP contribution is -2.15. The topological polar surface area (TPSA) is 85.8 Å². The van der Waals surface area contributed by atoms with E-state index in [9.17, 15) is 9.18 Å². The Morgan fingerprint density at radius 2 is 1.97 bits per heavy atom. The maximum Gasteiger partial charge on any atom is 0.234 e. The zero-order valence-electron chi connectivity index (χ0n) is 17.2. The standard InChI is InChI=1S/C22H16ClFN6O2S/c1-32-19-7-4-14(23)10-17(19)25-20(31)12-33-22-27-26-21-18-11-16(13-2-5-15(24)6-3-13)28-30(18)9-8-29(21)22/h2-11H,12H2,1H3,(H,25,31). The molecule has 0 aliphatic carbocycles. The number of halogens is 2. The Balaban J connectivity index is 1.36. The first-order valence-corrected chi connectivity index (χ1v) is 11.1. The van der Waals surface area contributed by atoms with E-state index in [-0.39, 0.29) is 17.5 Å². The Bertz CT molecular complexity index is 1480. The van der Waals surface area contributed by atoms with E-state index in [4.69, 9.17) is 16.3 Å². The Morgan fingerprint density at radius 1 is 1.15 bits per heavy atom. The number of amides is 1. The number of anilines is 1. The lowest BCUT2D eigenvalue weighted by molar-refractivity contribution is -0.113. The van der Waals surface area contributed by atoms with Crippen LogP contribution in [0.2, 0.25) is 5.02 Å². The summed E-state index contributed by atoms with van der Waals surface area (Å²) in [5.74, 6) is 0.0934. The van der Waals surface area contributed by atoms with Crippen molar-refractivity contribution in [1.29, 1.82) is 0 Å². The monoisotopic (exact) mass is 482 g/mol. The summed E-state index contributed by atoms with van der Waals surface area (Å²) in [4.78, 5) is 12.5. The molecule has 0 bridgehead atoms. The molecule has 2 aromatic carbocycles. The molecule has 0 unspecified atom stereocenters. The van der Waals surface area contributed by atoms with Crippen LogP contribution in [0.1, 0.15) is 0 Å². The molecule has 0 aliphatic rings. The summed E-state index contributed by atoms with van der Waals surface area (Å²) < 4.78 is 22.0. The third-order valence-corrected chi connectivity index (χ3v) is 6.07. The number of nitrogens with zero attached hydrogens (tertiary/aromatic N) is 5. The number of ether oxygens (including phenoxy) is 1. The average Bonchev–Trinajstić information content (AvgIpc) is 3.42. The third-order valence-electron chi connectivity index (χ3n) is 4.89. The van der Waals surface area contributed by atoms with Crippen LogP contribution in [0.4, 0.5) is 10.1 Å². The van der Waals surface area contributed by atoms with Gasteiger partial charge in [0.15, 0.2) is 10.8 Å². The van der Waals surface area contributed by atoms with Crippen molar-refractivity contribution in [2.75, 3.05) is 18.2 Å². The van der Waals surface area contributed by atoms with Crippen LogP contribution in [-0.2, 0) is 4.79 Å². The van der Waals surface area contributed by atoms with Crippen LogP contribution in [0.5, 0.6) is 5.75 Å². The van der Waals surface area contributed by atoms with Gasteiger partial charge in [0.1, 0.15) is 17.1 Å². The van der Waals surface area contributed by atoms with E-state index >= 15 is 0 Å². The summed E-state index contributed by atoms with van der Waals surface area (Å²) in [6.07, 6.45) is 3.56. The second kappa shape index (κ2) is 8.72. The molecule has 1 amide bonds. The highest BCUT2D eigenvalue weighted by Crippen LogP contribution is 2.28. The van der Waals surface area contributed by atoms with Crippen molar-refractivity contribution in [3.8, 4) is 17.0 Å². The minimum Gasteiger partial charge on any atom is -0.495 e. The van der Waals surface area contributed by atoms with E-state index in [0.717, 1.165) is 11.1 Å². The van der Waals surface area contributed by atoms with Gasteiger partial charge in [-0.1, -0.05) is 23.4 Å². The lowest BCUT2D eigenvalue weighted by atomic mass is 10.1. The molecule has 11 heteroatoms. The van der Waals surface area contributed by atoms with Crippen LogP contribution >= 0.6 is 23.4 Å². The first-order valence-electron chi connectivity index (χ1n) is 9.77. The van der Waals surface area contributed by atoms with E-state index in [1.165, 1.54) is 31.0 Å². The summed E-state index contributed by atoms with van der Waals surface area (Å²) in [7, 11) is 1.52. The van der Waals surface area contributed by atoms with Gasteiger partial charge < -0.3 is 10.1 Å². The average molecular weight is 483 g/mol. The maximum atomic E-state index is 13.2.